The van der Waals surface area contributed by atoms with E-state index in [0.717, 1.165) is 0 Å². The van der Waals surface area contributed by atoms with Gasteiger partial charge in [-0.1, -0.05) is 0 Å². The highest BCUT2D eigenvalue weighted by Crippen LogP contribution is 2.40. The third-order valence-electron chi connectivity index (χ3n) is 2.79. The van der Waals surface area contributed by atoms with E-state index >= 15 is 0 Å². The highest BCUT2D eigenvalue weighted by molar-refractivity contribution is 6.21. The van der Waals surface area contributed by atoms with Gasteiger partial charge in [-0.3, -0.25) is 20.2 Å². The molecule has 6 nitrogen and oxygen atoms in total. The third kappa shape index (κ3) is 2.96. The van der Waals surface area contributed by atoms with Crippen molar-refractivity contribution < 1.29 is 23.0 Å². The van der Waals surface area contributed by atoms with Crippen molar-refractivity contribution in [1.82, 2.24) is 0 Å². The molecule has 0 heterocycles. The first-order valence-corrected chi connectivity index (χ1v) is 5.06. The van der Waals surface area contributed by atoms with E-state index in [2.05, 4.69) is 0 Å². The SMILES string of the molecule is O=[N+]([O-])C1CC(C(F)(F)F)CC([N+](=O)[O-])C1Cl. The van der Waals surface area contributed by atoms with E-state index in [-0.39, 0.29) is 0 Å². The van der Waals surface area contributed by atoms with Gasteiger partial charge in [0, 0.05) is 22.7 Å². The Morgan fingerprint density at radius 1 is 1.06 bits per heavy atom. The van der Waals surface area contributed by atoms with Crippen LogP contribution in [0.25, 0.3) is 0 Å². The molecule has 98 valence electrons. The van der Waals surface area contributed by atoms with Gasteiger partial charge in [-0.05, 0) is 0 Å². The smallest absolute Gasteiger partial charge is 0.264 e. The molecule has 1 aliphatic carbocycles. The van der Waals surface area contributed by atoms with Gasteiger partial charge in [0.05, 0.1) is 5.92 Å². The van der Waals surface area contributed by atoms with Gasteiger partial charge in [0.25, 0.3) is 0 Å². The number of rotatable bonds is 2. The quantitative estimate of drug-likeness (QED) is 0.437. The second-order valence-electron chi connectivity index (χ2n) is 3.86. The van der Waals surface area contributed by atoms with Gasteiger partial charge in [0.15, 0.2) is 5.38 Å². The lowest BCUT2D eigenvalue weighted by Gasteiger charge is -2.30. The number of nitro groups is 2. The van der Waals surface area contributed by atoms with Gasteiger partial charge in [0.2, 0.25) is 12.1 Å². The minimum atomic E-state index is -4.68. The maximum atomic E-state index is 12.5. The Bertz CT molecular complexity index is 314. The number of hydrogen-bond donors (Lipinski definition) is 0. The zero-order valence-corrected chi connectivity index (χ0v) is 9.02. The molecule has 0 N–H and O–H groups in total. The zero-order chi connectivity index (χ0) is 13.4. The second-order valence-corrected chi connectivity index (χ2v) is 4.36. The van der Waals surface area contributed by atoms with Crippen LogP contribution in [0.15, 0.2) is 0 Å². The fourth-order valence-electron chi connectivity index (χ4n) is 1.87. The number of hydrogen-bond acceptors (Lipinski definition) is 4. The Morgan fingerprint density at radius 2 is 1.41 bits per heavy atom. The minimum absolute atomic E-state index is 0.811. The Hall–Kier alpha value is -1.12. The molecular formula is C7H8ClF3N2O4. The average Bonchev–Trinajstić information content (AvgIpc) is 2.14. The Balaban J connectivity index is 2.96. The lowest BCUT2D eigenvalue weighted by atomic mass is 9.82. The molecule has 2 atom stereocenters. The van der Waals surface area contributed by atoms with Crippen molar-refractivity contribution in [2.75, 3.05) is 0 Å². The highest BCUT2D eigenvalue weighted by Gasteiger charge is 2.56. The lowest BCUT2D eigenvalue weighted by Crippen LogP contribution is -2.51. The van der Waals surface area contributed by atoms with Crippen molar-refractivity contribution in [2.24, 2.45) is 5.92 Å². The molecule has 0 bridgehead atoms. The molecular weight excluding hydrogens is 269 g/mol. The van der Waals surface area contributed by atoms with Crippen LogP contribution in [0, 0.1) is 26.1 Å². The summed E-state index contributed by atoms with van der Waals surface area (Å²) in [5.74, 6) is -2.05. The predicted octanol–water partition coefficient (Wildman–Crippen LogP) is 1.86. The molecule has 17 heavy (non-hydrogen) atoms. The molecule has 0 spiro atoms. The van der Waals surface area contributed by atoms with Crippen molar-refractivity contribution in [1.29, 1.82) is 0 Å². The van der Waals surface area contributed by atoms with Crippen LogP contribution >= 0.6 is 11.6 Å². The summed E-state index contributed by atoms with van der Waals surface area (Å²) < 4.78 is 37.4. The molecule has 0 aromatic carbocycles. The topological polar surface area (TPSA) is 86.3 Å². The van der Waals surface area contributed by atoms with Crippen LogP contribution < -0.4 is 0 Å². The fourth-order valence-corrected chi connectivity index (χ4v) is 2.26. The van der Waals surface area contributed by atoms with Gasteiger partial charge >= 0.3 is 6.18 Å². The summed E-state index contributed by atoms with van der Waals surface area (Å²) in [4.78, 5) is 19.1. The van der Waals surface area contributed by atoms with Gasteiger partial charge in [-0.2, -0.15) is 13.2 Å². The van der Waals surface area contributed by atoms with Crippen molar-refractivity contribution >= 4 is 11.6 Å². The van der Waals surface area contributed by atoms with E-state index in [9.17, 15) is 33.4 Å². The standard InChI is InChI=1S/C7H8ClF3N2O4/c8-6-4(12(14)15)1-3(7(9,10)11)2-5(6)13(16)17/h3-6H,1-2H2. The molecule has 0 aliphatic heterocycles. The van der Waals surface area contributed by atoms with Crippen LogP contribution in [0.5, 0.6) is 0 Å². The molecule has 0 aromatic heterocycles. The summed E-state index contributed by atoms with van der Waals surface area (Å²) in [6.45, 7) is 0. The van der Waals surface area contributed by atoms with E-state index in [1.807, 2.05) is 0 Å². The Labute approximate surface area is 98.0 Å². The fraction of sp³-hybridized carbons (Fsp3) is 1.00. The Kier molecular flexibility index (Phi) is 3.80. The molecule has 0 saturated heterocycles. The monoisotopic (exact) mass is 276 g/mol. The summed E-state index contributed by atoms with van der Waals surface area (Å²) in [5.41, 5.74) is 0. The summed E-state index contributed by atoms with van der Waals surface area (Å²) in [7, 11) is 0. The van der Waals surface area contributed by atoms with Crippen LogP contribution in [0.4, 0.5) is 13.2 Å². The lowest BCUT2D eigenvalue weighted by molar-refractivity contribution is -0.571. The molecule has 1 aliphatic rings. The first-order chi connectivity index (χ1) is 7.64. The van der Waals surface area contributed by atoms with Gasteiger partial charge in [-0.15, -0.1) is 11.6 Å². The van der Waals surface area contributed by atoms with Crippen molar-refractivity contribution in [3.63, 3.8) is 0 Å². The molecule has 0 aromatic rings. The van der Waals surface area contributed by atoms with Crippen LogP contribution in [-0.2, 0) is 0 Å². The van der Waals surface area contributed by atoms with E-state index in [4.69, 9.17) is 11.6 Å². The molecule has 2 unspecified atom stereocenters. The first-order valence-electron chi connectivity index (χ1n) is 4.62. The largest absolute Gasteiger partial charge is 0.392 e. The number of halogens is 4. The minimum Gasteiger partial charge on any atom is -0.264 e. The van der Waals surface area contributed by atoms with Crippen LogP contribution in [-0.4, -0.2) is 33.5 Å². The summed E-state index contributed by atoms with van der Waals surface area (Å²) >= 11 is 5.50. The van der Waals surface area contributed by atoms with E-state index in [1.165, 1.54) is 0 Å². The maximum Gasteiger partial charge on any atom is 0.392 e. The molecule has 1 rings (SSSR count). The van der Waals surface area contributed by atoms with Crippen molar-refractivity contribution in [2.45, 2.75) is 36.5 Å². The third-order valence-corrected chi connectivity index (χ3v) is 3.37. The molecule has 0 radical (unpaired) electrons. The van der Waals surface area contributed by atoms with E-state index in [0.29, 0.717) is 0 Å². The van der Waals surface area contributed by atoms with Gasteiger partial charge < -0.3 is 0 Å². The molecule has 1 saturated carbocycles. The van der Waals surface area contributed by atoms with Crippen LogP contribution in [0.1, 0.15) is 12.8 Å². The van der Waals surface area contributed by atoms with E-state index < -0.39 is 52.2 Å². The summed E-state index contributed by atoms with van der Waals surface area (Å²) in [6.07, 6.45) is -6.30. The predicted molar refractivity (Wildman–Crippen MR) is 50.0 cm³/mol. The molecule has 0 amide bonds. The Morgan fingerprint density at radius 3 is 1.65 bits per heavy atom. The van der Waals surface area contributed by atoms with E-state index in [1.54, 1.807) is 0 Å². The van der Waals surface area contributed by atoms with Crippen molar-refractivity contribution in [3.05, 3.63) is 20.2 Å². The highest BCUT2D eigenvalue weighted by atomic mass is 35.5. The summed E-state index contributed by atoms with van der Waals surface area (Å²) in [5, 5.41) is 19.6. The van der Waals surface area contributed by atoms with Crippen molar-refractivity contribution in [3.8, 4) is 0 Å². The normalized spacial score (nSPS) is 34.4. The van der Waals surface area contributed by atoms with Crippen LogP contribution in [0.2, 0.25) is 0 Å². The average molecular weight is 277 g/mol. The van der Waals surface area contributed by atoms with Gasteiger partial charge in [-0.25, -0.2) is 0 Å². The number of nitrogens with zero attached hydrogens (tertiary/aromatic N) is 2. The maximum absolute atomic E-state index is 12.5. The number of alkyl halides is 4. The van der Waals surface area contributed by atoms with Crippen LogP contribution in [0.3, 0.4) is 0 Å². The van der Waals surface area contributed by atoms with Gasteiger partial charge in [0.1, 0.15) is 0 Å². The zero-order valence-electron chi connectivity index (χ0n) is 8.26. The molecule has 1 fully saturated rings. The first kappa shape index (κ1) is 13.9. The molecule has 10 heteroatoms. The summed E-state index contributed by atoms with van der Waals surface area (Å²) in [6, 6.07) is -3.49. The second kappa shape index (κ2) is 4.63.